The molecule has 0 aliphatic carbocycles. The number of aliphatic imine (C=N–C) groups is 1. The summed E-state index contributed by atoms with van der Waals surface area (Å²) >= 11 is 5.73. The van der Waals surface area contributed by atoms with E-state index in [-0.39, 0.29) is 17.5 Å². The van der Waals surface area contributed by atoms with Crippen LogP contribution in [0.2, 0.25) is 5.15 Å². The smallest absolute Gasteiger partial charge is 0.176 e. The van der Waals surface area contributed by atoms with Crippen LogP contribution >= 0.6 is 11.6 Å². The minimum atomic E-state index is -0.950. The summed E-state index contributed by atoms with van der Waals surface area (Å²) in [7, 11) is 0. The number of Topliss-reactive ketones (excluding diaryl/α,β-unsaturated/α-hetero) is 1. The molecule has 0 aromatic carbocycles. The number of allylic oxidation sites excluding steroid dienone is 2. The lowest BCUT2D eigenvalue weighted by Crippen LogP contribution is -2.39. The van der Waals surface area contributed by atoms with Crippen LogP contribution in [0, 0.1) is 0 Å². The lowest BCUT2D eigenvalue weighted by atomic mass is 9.77. The Balaban J connectivity index is 2.54. The molecule has 0 bridgehead atoms. The molecule has 0 fully saturated rings. The van der Waals surface area contributed by atoms with E-state index in [4.69, 9.17) is 17.3 Å². The highest BCUT2D eigenvalue weighted by molar-refractivity contribution is 6.29. The summed E-state index contributed by atoms with van der Waals surface area (Å²) in [6, 6.07) is 3.27. The van der Waals surface area contributed by atoms with Gasteiger partial charge in [-0.3, -0.25) is 9.79 Å². The van der Waals surface area contributed by atoms with Crippen molar-refractivity contribution in [3.8, 4) is 0 Å². The molecule has 104 valence electrons. The second kappa shape index (κ2) is 5.17. The number of nitrogens with zero attached hydrogens (tertiary/aromatic N) is 3. The minimum absolute atomic E-state index is 0.140. The maximum atomic E-state index is 12.7. The molecule has 2 heterocycles. The fourth-order valence-corrected chi connectivity index (χ4v) is 2.10. The predicted molar refractivity (Wildman–Crippen MR) is 78.8 cm³/mol. The molecule has 1 unspecified atom stereocenters. The monoisotopic (exact) mass is 290 g/mol. The first kappa shape index (κ1) is 14.4. The van der Waals surface area contributed by atoms with Gasteiger partial charge in [0.05, 0.1) is 17.7 Å². The van der Waals surface area contributed by atoms with Gasteiger partial charge in [0, 0.05) is 5.57 Å². The molecular formula is C14H15ClN4O. The molecule has 2 N–H and O–H groups in total. The third-order valence-corrected chi connectivity index (χ3v) is 3.59. The van der Waals surface area contributed by atoms with Crippen molar-refractivity contribution in [2.45, 2.75) is 19.3 Å². The van der Waals surface area contributed by atoms with E-state index in [1.54, 1.807) is 32.1 Å². The van der Waals surface area contributed by atoms with Gasteiger partial charge in [-0.1, -0.05) is 18.2 Å². The molecule has 0 saturated heterocycles. The Kier molecular flexibility index (Phi) is 3.72. The third-order valence-electron chi connectivity index (χ3n) is 3.39. The Morgan fingerprint density at radius 1 is 1.40 bits per heavy atom. The van der Waals surface area contributed by atoms with E-state index in [0.29, 0.717) is 22.7 Å². The summed E-state index contributed by atoms with van der Waals surface area (Å²) in [5, 5.41) is 8.07. The van der Waals surface area contributed by atoms with Gasteiger partial charge in [-0.2, -0.15) is 5.10 Å². The topological polar surface area (TPSA) is 81.2 Å². The number of hydrogen-bond donors (Lipinski definition) is 1. The van der Waals surface area contributed by atoms with Crippen molar-refractivity contribution in [1.82, 2.24) is 10.2 Å². The fraction of sp³-hybridized carbons (Fsp3) is 0.286. The molecular weight excluding hydrogens is 276 g/mol. The van der Waals surface area contributed by atoms with Crippen molar-refractivity contribution in [3.05, 3.63) is 46.8 Å². The van der Waals surface area contributed by atoms with Crippen molar-refractivity contribution in [2.75, 3.05) is 6.54 Å². The first-order valence-corrected chi connectivity index (χ1v) is 6.44. The zero-order valence-electron chi connectivity index (χ0n) is 11.4. The molecule has 0 saturated carbocycles. The van der Waals surface area contributed by atoms with Crippen LogP contribution in [-0.4, -0.2) is 28.4 Å². The maximum Gasteiger partial charge on any atom is 0.176 e. The molecule has 1 aliphatic rings. The molecule has 6 heteroatoms. The first-order valence-electron chi connectivity index (χ1n) is 6.06. The summed E-state index contributed by atoms with van der Waals surface area (Å²) in [5.41, 5.74) is 6.44. The normalized spacial score (nSPS) is 23.8. The third kappa shape index (κ3) is 2.49. The Bertz CT molecular complexity index is 633. The largest absolute Gasteiger partial charge is 0.384 e. The zero-order valence-corrected chi connectivity index (χ0v) is 12.1. The Morgan fingerprint density at radius 2 is 2.10 bits per heavy atom. The summed E-state index contributed by atoms with van der Waals surface area (Å²) in [6.45, 7) is 7.58. The van der Waals surface area contributed by atoms with E-state index in [9.17, 15) is 4.79 Å². The quantitative estimate of drug-likeness (QED) is 0.800. The molecule has 1 atom stereocenters. The second-order valence-corrected chi connectivity index (χ2v) is 5.34. The zero-order chi connectivity index (χ0) is 14.9. The highest BCUT2D eigenvalue weighted by atomic mass is 35.5. The lowest BCUT2D eigenvalue weighted by molar-refractivity contribution is -0.119. The van der Waals surface area contributed by atoms with Crippen LogP contribution in [-0.2, 0) is 10.2 Å². The van der Waals surface area contributed by atoms with Gasteiger partial charge in [0.2, 0.25) is 0 Å². The number of aromatic nitrogens is 2. The Morgan fingerprint density at radius 3 is 2.70 bits per heavy atom. The van der Waals surface area contributed by atoms with E-state index < -0.39 is 5.41 Å². The van der Waals surface area contributed by atoms with Crippen molar-refractivity contribution in [3.63, 3.8) is 0 Å². The molecule has 0 spiro atoms. The van der Waals surface area contributed by atoms with Crippen LogP contribution in [0.25, 0.3) is 0 Å². The number of halogens is 1. The number of hydrogen-bond acceptors (Lipinski definition) is 5. The molecule has 1 aromatic heterocycles. The van der Waals surface area contributed by atoms with E-state index in [0.717, 1.165) is 0 Å². The Labute approximate surface area is 122 Å². The first-order chi connectivity index (χ1) is 9.34. The standard InChI is InChI=1S/C14H15ClN4O/c1-8-6-12(16)17-7-14(3,13(20)9(8)2)10-4-5-11(15)19-18-10/h4-6H,2,7H2,1,3H3,(H2,16,17). The van der Waals surface area contributed by atoms with E-state index in [1.807, 2.05) is 0 Å². The van der Waals surface area contributed by atoms with E-state index in [1.165, 1.54) is 0 Å². The van der Waals surface area contributed by atoms with Gasteiger partial charge >= 0.3 is 0 Å². The van der Waals surface area contributed by atoms with Crippen molar-refractivity contribution >= 4 is 23.2 Å². The van der Waals surface area contributed by atoms with Crippen LogP contribution in [0.4, 0.5) is 0 Å². The molecule has 0 amide bonds. The van der Waals surface area contributed by atoms with E-state index in [2.05, 4.69) is 21.8 Å². The number of amidine groups is 1. The molecule has 1 aromatic rings. The van der Waals surface area contributed by atoms with Crippen molar-refractivity contribution in [2.24, 2.45) is 10.7 Å². The number of nitrogens with two attached hydrogens (primary N) is 1. The predicted octanol–water partition coefficient (Wildman–Crippen LogP) is 1.83. The Hall–Kier alpha value is -2.01. The van der Waals surface area contributed by atoms with Gasteiger partial charge in [-0.25, -0.2) is 0 Å². The minimum Gasteiger partial charge on any atom is -0.384 e. The summed E-state index contributed by atoms with van der Waals surface area (Å²) < 4.78 is 0. The van der Waals surface area contributed by atoms with Crippen LogP contribution in [0.15, 0.2) is 40.9 Å². The van der Waals surface area contributed by atoms with Gasteiger partial charge in [-0.15, -0.1) is 5.10 Å². The summed E-state index contributed by atoms with van der Waals surface area (Å²) in [4.78, 5) is 16.9. The lowest BCUT2D eigenvalue weighted by Gasteiger charge is -2.27. The van der Waals surface area contributed by atoms with Gasteiger partial charge in [-0.05, 0) is 37.6 Å². The van der Waals surface area contributed by atoms with Crippen LogP contribution in [0.3, 0.4) is 0 Å². The SMILES string of the molecule is C=C1C(=O)C(C)(c2ccc(Cl)nn2)CN=C(N)C=C1C. The number of carbonyl (C=O) groups is 1. The summed E-state index contributed by atoms with van der Waals surface area (Å²) in [6.07, 6.45) is 1.65. The second-order valence-electron chi connectivity index (χ2n) is 4.95. The highest BCUT2D eigenvalue weighted by Crippen LogP contribution is 2.30. The van der Waals surface area contributed by atoms with Gasteiger partial charge < -0.3 is 5.73 Å². The summed E-state index contributed by atoms with van der Waals surface area (Å²) in [5.74, 6) is 0.225. The maximum absolute atomic E-state index is 12.7. The number of ketones is 1. The average Bonchev–Trinajstić information content (AvgIpc) is 2.43. The number of rotatable bonds is 1. The van der Waals surface area contributed by atoms with Crippen LogP contribution < -0.4 is 5.73 Å². The van der Waals surface area contributed by atoms with Gasteiger partial charge in [0.25, 0.3) is 0 Å². The van der Waals surface area contributed by atoms with Gasteiger partial charge in [0.15, 0.2) is 10.9 Å². The fourth-order valence-electron chi connectivity index (χ4n) is 2.00. The molecule has 20 heavy (non-hydrogen) atoms. The molecule has 5 nitrogen and oxygen atoms in total. The molecule has 0 radical (unpaired) electrons. The van der Waals surface area contributed by atoms with E-state index >= 15 is 0 Å². The van der Waals surface area contributed by atoms with Crippen LogP contribution in [0.5, 0.6) is 0 Å². The van der Waals surface area contributed by atoms with Crippen LogP contribution in [0.1, 0.15) is 19.5 Å². The molecule has 1 aliphatic heterocycles. The number of carbonyl (C=O) groups excluding carboxylic acids is 1. The average molecular weight is 291 g/mol. The van der Waals surface area contributed by atoms with Crippen molar-refractivity contribution in [1.29, 1.82) is 0 Å². The van der Waals surface area contributed by atoms with Gasteiger partial charge in [0.1, 0.15) is 5.84 Å². The van der Waals surface area contributed by atoms with Crippen molar-refractivity contribution < 1.29 is 4.79 Å². The molecule has 2 rings (SSSR count). The highest BCUT2D eigenvalue weighted by Gasteiger charge is 2.39.